The number of carbonyl (C=O) groups excluding carboxylic acids is 2. The molecule has 1 aromatic carbocycles. The van der Waals surface area contributed by atoms with Gasteiger partial charge in [-0.05, 0) is 32.0 Å². The number of carbonyl (C=O) groups is 2. The van der Waals surface area contributed by atoms with E-state index >= 15 is 0 Å². The third-order valence-electron chi connectivity index (χ3n) is 3.57. The predicted molar refractivity (Wildman–Crippen MR) is 81.6 cm³/mol. The van der Waals surface area contributed by atoms with E-state index in [0.29, 0.717) is 23.0 Å². The summed E-state index contributed by atoms with van der Waals surface area (Å²) in [5.41, 5.74) is 0.519. The molecule has 2 amide bonds. The zero-order chi connectivity index (χ0) is 15.6. The molecule has 1 N–H and O–H groups in total. The Morgan fingerprint density at radius 2 is 2.19 bits per heavy atom. The number of hydrogen-bond donors (Lipinski definition) is 1. The van der Waals surface area contributed by atoms with Crippen molar-refractivity contribution in [2.75, 3.05) is 19.0 Å². The van der Waals surface area contributed by atoms with E-state index in [2.05, 4.69) is 5.32 Å². The molecule has 1 aliphatic rings. The van der Waals surface area contributed by atoms with E-state index in [1.807, 2.05) is 13.8 Å². The van der Waals surface area contributed by atoms with Gasteiger partial charge in [0.15, 0.2) is 0 Å². The van der Waals surface area contributed by atoms with Crippen LogP contribution in [0.3, 0.4) is 0 Å². The lowest BCUT2D eigenvalue weighted by Gasteiger charge is -2.20. The number of benzene rings is 1. The van der Waals surface area contributed by atoms with Crippen LogP contribution < -0.4 is 10.1 Å². The maximum atomic E-state index is 12.3. The number of halogens is 1. The summed E-state index contributed by atoms with van der Waals surface area (Å²) in [6.07, 6.45) is 0.243. The van der Waals surface area contributed by atoms with Gasteiger partial charge in [-0.3, -0.25) is 9.59 Å². The smallest absolute Gasteiger partial charge is 0.229 e. The average Bonchev–Trinajstić information content (AvgIpc) is 2.81. The first-order valence-electron chi connectivity index (χ1n) is 6.86. The Morgan fingerprint density at radius 1 is 1.48 bits per heavy atom. The molecule has 1 atom stereocenters. The van der Waals surface area contributed by atoms with Gasteiger partial charge in [0.2, 0.25) is 11.8 Å². The van der Waals surface area contributed by atoms with Crippen molar-refractivity contribution in [3.05, 3.63) is 23.2 Å². The molecular weight excluding hydrogens is 292 g/mol. The molecule has 1 fully saturated rings. The summed E-state index contributed by atoms with van der Waals surface area (Å²) >= 11 is 5.94. The van der Waals surface area contributed by atoms with Crippen molar-refractivity contribution in [2.24, 2.45) is 5.92 Å². The van der Waals surface area contributed by atoms with Crippen LogP contribution in [0, 0.1) is 5.92 Å². The quantitative estimate of drug-likeness (QED) is 0.929. The monoisotopic (exact) mass is 310 g/mol. The van der Waals surface area contributed by atoms with Gasteiger partial charge in [0, 0.05) is 24.0 Å². The lowest BCUT2D eigenvalue weighted by atomic mass is 10.1. The number of amides is 2. The summed E-state index contributed by atoms with van der Waals surface area (Å²) in [6, 6.07) is 5.12. The number of ether oxygens (including phenoxy) is 1. The first kappa shape index (κ1) is 15.6. The Balaban J connectivity index is 2.09. The van der Waals surface area contributed by atoms with Crippen LogP contribution in [0.5, 0.6) is 5.75 Å². The molecule has 0 radical (unpaired) electrons. The van der Waals surface area contributed by atoms with Crippen LogP contribution in [-0.4, -0.2) is 36.4 Å². The third kappa shape index (κ3) is 3.47. The van der Waals surface area contributed by atoms with Crippen molar-refractivity contribution in [3.63, 3.8) is 0 Å². The minimum atomic E-state index is -0.344. The maximum absolute atomic E-state index is 12.3. The molecule has 0 aromatic heterocycles. The standard InChI is InChI=1S/C15H19ClN2O3/c1-9(2)18-8-10(6-14(18)19)15(20)17-12-7-11(16)4-5-13(12)21-3/h4-5,7,9-10H,6,8H2,1-3H3,(H,17,20). The highest BCUT2D eigenvalue weighted by atomic mass is 35.5. The van der Waals surface area contributed by atoms with Crippen molar-refractivity contribution in [2.45, 2.75) is 26.3 Å². The minimum Gasteiger partial charge on any atom is -0.495 e. The van der Waals surface area contributed by atoms with E-state index in [1.165, 1.54) is 7.11 Å². The fourth-order valence-electron chi connectivity index (χ4n) is 2.42. The van der Waals surface area contributed by atoms with Crippen molar-refractivity contribution >= 4 is 29.1 Å². The molecule has 0 saturated carbocycles. The number of hydrogen-bond acceptors (Lipinski definition) is 3. The fraction of sp³-hybridized carbons (Fsp3) is 0.467. The second kappa shape index (κ2) is 6.35. The summed E-state index contributed by atoms with van der Waals surface area (Å²) in [4.78, 5) is 25.9. The lowest BCUT2D eigenvalue weighted by molar-refractivity contribution is -0.129. The van der Waals surface area contributed by atoms with Gasteiger partial charge >= 0.3 is 0 Å². The summed E-state index contributed by atoms with van der Waals surface area (Å²) in [6.45, 7) is 4.33. The third-order valence-corrected chi connectivity index (χ3v) is 3.81. The molecule has 21 heavy (non-hydrogen) atoms. The molecule has 2 rings (SSSR count). The molecule has 1 heterocycles. The molecule has 0 bridgehead atoms. The first-order valence-corrected chi connectivity index (χ1v) is 7.24. The number of methoxy groups -OCH3 is 1. The molecular formula is C15H19ClN2O3. The summed E-state index contributed by atoms with van der Waals surface area (Å²) < 4.78 is 5.19. The van der Waals surface area contributed by atoms with Gasteiger partial charge in [-0.2, -0.15) is 0 Å². The van der Waals surface area contributed by atoms with E-state index in [-0.39, 0.29) is 30.2 Å². The zero-order valence-electron chi connectivity index (χ0n) is 12.4. The molecule has 5 nitrogen and oxygen atoms in total. The van der Waals surface area contributed by atoms with Crippen LogP contribution >= 0.6 is 11.6 Å². The van der Waals surface area contributed by atoms with Crippen LogP contribution in [0.2, 0.25) is 5.02 Å². The van der Waals surface area contributed by atoms with Gasteiger partial charge in [-0.15, -0.1) is 0 Å². The number of likely N-dealkylation sites (tertiary alicyclic amines) is 1. The number of rotatable bonds is 4. The highest BCUT2D eigenvalue weighted by Crippen LogP contribution is 2.29. The van der Waals surface area contributed by atoms with Crippen LogP contribution in [0.15, 0.2) is 18.2 Å². The zero-order valence-corrected chi connectivity index (χ0v) is 13.1. The highest BCUT2D eigenvalue weighted by molar-refractivity contribution is 6.31. The Kier molecular flexibility index (Phi) is 4.73. The summed E-state index contributed by atoms with van der Waals surface area (Å²) in [5, 5.41) is 3.31. The van der Waals surface area contributed by atoms with E-state index in [0.717, 1.165) is 0 Å². The Bertz CT molecular complexity index is 560. The van der Waals surface area contributed by atoms with Crippen LogP contribution in [0.1, 0.15) is 20.3 Å². The molecule has 1 unspecified atom stereocenters. The first-order chi connectivity index (χ1) is 9.92. The average molecular weight is 311 g/mol. The van der Waals surface area contributed by atoms with E-state index in [1.54, 1.807) is 23.1 Å². The van der Waals surface area contributed by atoms with Gasteiger partial charge in [-0.25, -0.2) is 0 Å². The second-order valence-electron chi connectivity index (χ2n) is 5.37. The van der Waals surface area contributed by atoms with Gasteiger partial charge < -0.3 is 15.0 Å². The van der Waals surface area contributed by atoms with Crippen LogP contribution in [0.25, 0.3) is 0 Å². The SMILES string of the molecule is COc1ccc(Cl)cc1NC(=O)C1CC(=O)N(C(C)C)C1. The molecule has 0 spiro atoms. The van der Waals surface area contributed by atoms with Crippen molar-refractivity contribution in [1.82, 2.24) is 4.90 Å². The van der Waals surface area contributed by atoms with Crippen LogP contribution in [-0.2, 0) is 9.59 Å². The highest BCUT2D eigenvalue weighted by Gasteiger charge is 2.35. The Labute approximate surface area is 129 Å². The van der Waals surface area contributed by atoms with Crippen molar-refractivity contribution < 1.29 is 14.3 Å². The fourth-order valence-corrected chi connectivity index (χ4v) is 2.59. The molecule has 114 valence electrons. The van der Waals surface area contributed by atoms with Crippen LogP contribution in [0.4, 0.5) is 5.69 Å². The van der Waals surface area contributed by atoms with Gasteiger partial charge in [0.1, 0.15) is 5.75 Å². The largest absolute Gasteiger partial charge is 0.495 e. The predicted octanol–water partition coefficient (Wildman–Crippen LogP) is 2.54. The number of anilines is 1. The summed E-state index contributed by atoms with van der Waals surface area (Å²) in [5.74, 6) is 0.0247. The maximum Gasteiger partial charge on any atom is 0.229 e. The molecule has 0 aliphatic carbocycles. The number of nitrogens with zero attached hydrogens (tertiary/aromatic N) is 1. The van der Waals surface area contributed by atoms with E-state index in [4.69, 9.17) is 16.3 Å². The Morgan fingerprint density at radius 3 is 2.76 bits per heavy atom. The van der Waals surface area contributed by atoms with Crippen molar-refractivity contribution in [1.29, 1.82) is 0 Å². The molecule has 1 aromatic rings. The Hall–Kier alpha value is -1.75. The van der Waals surface area contributed by atoms with E-state index in [9.17, 15) is 9.59 Å². The topological polar surface area (TPSA) is 58.6 Å². The van der Waals surface area contributed by atoms with Crippen molar-refractivity contribution in [3.8, 4) is 5.75 Å². The van der Waals surface area contributed by atoms with E-state index < -0.39 is 0 Å². The lowest BCUT2D eigenvalue weighted by Crippen LogP contribution is -2.33. The van der Waals surface area contributed by atoms with Gasteiger partial charge in [0.05, 0.1) is 18.7 Å². The van der Waals surface area contributed by atoms with Gasteiger partial charge in [-0.1, -0.05) is 11.6 Å². The number of nitrogens with one attached hydrogen (secondary N) is 1. The molecule has 6 heteroatoms. The second-order valence-corrected chi connectivity index (χ2v) is 5.81. The molecule has 1 saturated heterocycles. The van der Waals surface area contributed by atoms with Gasteiger partial charge in [0.25, 0.3) is 0 Å². The molecule has 1 aliphatic heterocycles. The minimum absolute atomic E-state index is 0.0169. The summed E-state index contributed by atoms with van der Waals surface area (Å²) in [7, 11) is 1.53. The normalized spacial score (nSPS) is 18.2.